The zero-order valence-electron chi connectivity index (χ0n) is 17.6. The molecule has 0 atom stereocenters. The summed E-state index contributed by atoms with van der Waals surface area (Å²) in [5.74, 6) is 0.128. The average Bonchev–Trinajstić information content (AvgIpc) is 2.82. The second kappa shape index (κ2) is 8.78. The summed E-state index contributed by atoms with van der Waals surface area (Å²) < 4.78 is 14.9. The number of benzene rings is 2. The second-order valence-corrected chi connectivity index (χ2v) is 12.2. The van der Waals surface area contributed by atoms with Gasteiger partial charge in [-0.3, -0.25) is 0 Å². The summed E-state index contributed by atoms with van der Waals surface area (Å²) in [6, 6.07) is 13.8. The van der Waals surface area contributed by atoms with E-state index in [-0.39, 0.29) is 11.4 Å². The van der Waals surface area contributed by atoms with Crippen LogP contribution >= 0.6 is 19.1 Å². The zero-order chi connectivity index (χ0) is 23.0. The van der Waals surface area contributed by atoms with Crippen molar-refractivity contribution < 1.29 is 9.28 Å². The molecule has 1 aliphatic heterocycles. The third-order valence-corrected chi connectivity index (χ3v) is 9.86. The molecule has 0 aliphatic carbocycles. The van der Waals surface area contributed by atoms with Crippen molar-refractivity contribution in [1.82, 2.24) is 20.2 Å². The van der Waals surface area contributed by atoms with Crippen LogP contribution in [0, 0.1) is 5.82 Å². The Kier molecular flexibility index (Phi) is 5.83. The van der Waals surface area contributed by atoms with E-state index in [2.05, 4.69) is 20.2 Å². The van der Waals surface area contributed by atoms with Crippen LogP contribution in [-0.2, 0) is 6.42 Å². The summed E-state index contributed by atoms with van der Waals surface area (Å²) >= 11 is 5.97. The summed E-state index contributed by atoms with van der Waals surface area (Å²) in [6.07, 6.45) is 2.93. The molecule has 0 radical (unpaired) electrons. The van der Waals surface area contributed by atoms with Crippen molar-refractivity contribution >= 4 is 41.1 Å². The molecule has 170 valence electrons. The van der Waals surface area contributed by atoms with Crippen molar-refractivity contribution in [2.24, 2.45) is 0 Å². The molecule has 7 nitrogen and oxygen atoms in total. The third-order valence-electron chi connectivity index (χ3n) is 6.16. The van der Waals surface area contributed by atoms with E-state index in [1.807, 2.05) is 17.0 Å². The summed E-state index contributed by atoms with van der Waals surface area (Å²) in [7, 11) is -3.04. The Morgan fingerprint density at radius 3 is 2.64 bits per heavy atom. The van der Waals surface area contributed by atoms with Crippen LogP contribution in [-0.4, -0.2) is 50.5 Å². The number of rotatable bonds is 4. The Balaban J connectivity index is 1.40. The van der Waals surface area contributed by atoms with Crippen LogP contribution in [0.3, 0.4) is 0 Å². The Hall–Kier alpha value is -2.93. The second-order valence-electron chi connectivity index (χ2n) is 8.23. The van der Waals surface area contributed by atoms with Crippen molar-refractivity contribution in [3.8, 4) is 0 Å². The fraction of sp³-hybridized carbons (Fsp3) is 0.217. The van der Waals surface area contributed by atoms with Crippen molar-refractivity contribution in [3.63, 3.8) is 0 Å². The Morgan fingerprint density at radius 1 is 1.12 bits per heavy atom. The van der Waals surface area contributed by atoms with Gasteiger partial charge in [0.2, 0.25) is 0 Å². The fourth-order valence-corrected chi connectivity index (χ4v) is 7.55. The number of anilines is 1. The van der Waals surface area contributed by atoms with Crippen LogP contribution in [0.4, 0.5) is 10.3 Å². The molecule has 2 aromatic carbocycles. The predicted octanol–water partition coefficient (Wildman–Crippen LogP) is 2.90. The molecular weight excluding hydrogens is 464 g/mol. The molecule has 3 heterocycles. The van der Waals surface area contributed by atoms with E-state index in [1.54, 1.807) is 36.5 Å². The van der Waals surface area contributed by atoms with Crippen LogP contribution in [0.2, 0.25) is 5.15 Å². The van der Waals surface area contributed by atoms with E-state index >= 15 is 0 Å². The Labute approximate surface area is 194 Å². The number of aromatic nitrogens is 4. The summed E-state index contributed by atoms with van der Waals surface area (Å²) in [5.41, 5.74) is 1.29. The standard InChI is InChI=1S/C23H22ClFN5O2P/c24-21-7-8-26-23(27-21)30-9-11-33(32,12-10-30)20-14-15(5-6-18(20)25)13-19-16-3-1-2-4-17(16)22(31)29-28-19/h1-8,14,32-33H,9-13H2,(H,29,31). The Morgan fingerprint density at radius 2 is 1.88 bits per heavy atom. The van der Waals surface area contributed by atoms with Crippen molar-refractivity contribution in [2.75, 3.05) is 30.3 Å². The number of fused-ring (bicyclic) bond motifs is 1. The first-order valence-electron chi connectivity index (χ1n) is 10.6. The topological polar surface area (TPSA) is 95.0 Å². The van der Waals surface area contributed by atoms with E-state index in [0.29, 0.717) is 59.3 Å². The van der Waals surface area contributed by atoms with E-state index < -0.39 is 7.49 Å². The molecule has 0 unspecified atom stereocenters. The number of nitrogens with one attached hydrogen (secondary N) is 1. The van der Waals surface area contributed by atoms with Gasteiger partial charge >= 0.3 is 195 Å². The van der Waals surface area contributed by atoms with Gasteiger partial charge in [-0.1, -0.05) is 0 Å². The molecule has 10 heteroatoms. The summed E-state index contributed by atoms with van der Waals surface area (Å²) in [4.78, 5) is 34.0. The van der Waals surface area contributed by atoms with Crippen LogP contribution in [0.1, 0.15) is 11.3 Å². The minimum absolute atomic E-state index is 0.244. The molecule has 2 aromatic heterocycles. The maximum absolute atomic E-state index is 14.9. The van der Waals surface area contributed by atoms with Crippen molar-refractivity contribution in [1.29, 1.82) is 0 Å². The minimum atomic E-state index is -3.04. The number of nitrogens with zero attached hydrogens (tertiary/aromatic N) is 4. The molecule has 1 saturated heterocycles. The summed E-state index contributed by atoms with van der Waals surface area (Å²) in [6.45, 7) is 1.05. The number of hydrogen-bond acceptors (Lipinski definition) is 6. The zero-order valence-corrected chi connectivity index (χ0v) is 19.4. The summed E-state index contributed by atoms with van der Waals surface area (Å²) in [5, 5.41) is 8.85. The van der Waals surface area contributed by atoms with Crippen molar-refractivity contribution in [3.05, 3.63) is 87.3 Å². The number of hydrogen-bond donors (Lipinski definition) is 2. The van der Waals surface area contributed by atoms with E-state index in [4.69, 9.17) is 11.6 Å². The van der Waals surface area contributed by atoms with Crippen LogP contribution < -0.4 is 15.8 Å². The Bertz CT molecular complexity index is 1390. The van der Waals surface area contributed by atoms with Gasteiger partial charge in [0.1, 0.15) is 0 Å². The quantitative estimate of drug-likeness (QED) is 0.341. The van der Waals surface area contributed by atoms with E-state index in [1.165, 1.54) is 6.07 Å². The molecule has 5 rings (SSSR count). The molecule has 1 aliphatic rings. The monoisotopic (exact) mass is 485 g/mol. The molecule has 4 aromatic rings. The van der Waals surface area contributed by atoms with E-state index in [9.17, 15) is 14.1 Å². The normalized spacial score (nSPS) is 16.6. The average molecular weight is 486 g/mol. The van der Waals surface area contributed by atoms with Gasteiger partial charge in [-0.15, -0.1) is 0 Å². The van der Waals surface area contributed by atoms with Gasteiger partial charge in [0.05, 0.1) is 0 Å². The van der Waals surface area contributed by atoms with Gasteiger partial charge in [0.25, 0.3) is 0 Å². The van der Waals surface area contributed by atoms with Gasteiger partial charge in [0.15, 0.2) is 0 Å². The first kappa shape index (κ1) is 21.9. The van der Waals surface area contributed by atoms with Gasteiger partial charge in [0, 0.05) is 0 Å². The number of H-pyrrole nitrogens is 1. The number of aromatic amines is 1. The molecule has 1 fully saturated rings. The molecule has 0 amide bonds. The van der Waals surface area contributed by atoms with Crippen LogP contribution in [0.25, 0.3) is 10.8 Å². The SMILES string of the molecule is O=c1[nH]nc(Cc2ccc(F)c([PH]3(O)CCN(c4nccc(Cl)n4)CC3)c2)c2ccccc12. The fourth-order valence-electron chi connectivity index (χ4n) is 4.36. The first-order valence-corrected chi connectivity index (χ1v) is 13.4. The molecule has 0 spiro atoms. The third kappa shape index (κ3) is 4.34. The molecule has 0 saturated carbocycles. The van der Waals surface area contributed by atoms with Gasteiger partial charge in [-0.2, -0.15) is 0 Å². The van der Waals surface area contributed by atoms with Crippen molar-refractivity contribution in [2.45, 2.75) is 6.42 Å². The first-order chi connectivity index (χ1) is 15.9. The molecule has 2 N–H and O–H groups in total. The van der Waals surface area contributed by atoms with Gasteiger partial charge in [-0.25, -0.2) is 0 Å². The molecule has 33 heavy (non-hydrogen) atoms. The van der Waals surface area contributed by atoms with Crippen LogP contribution in [0.15, 0.2) is 59.5 Å². The molecular formula is C23H22ClFN5O2P. The molecule has 0 bridgehead atoms. The van der Waals surface area contributed by atoms with E-state index in [0.717, 1.165) is 10.9 Å². The maximum atomic E-state index is 14.9. The van der Waals surface area contributed by atoms with Gasteiger partial charge < -0.3 is 0 Å². The van der Waals surface area contributed by atoms with Gasteiger partial charge in [-0.05, 0) is 0 Å². The predicted molar refractivity (Wildman–Crippen MR) is 131 cm³/mol. The van der Waals surface area contributed by atoms with Crippen LogP contribution in [0.5, 0.6) is 0 Å². The number of halogens is 2.